The van der Waals surface area contributed by atoms with Crippen molar-refractivity contribution >= 4 is 5.97 Å². The number of carbonyl (C=O) groups excluding carboxylic acids is 1. The topological polar surface area (TPSA) is 52.1 Å². The molecule has 0 N–H and O–H groups in total. The number of carbonyl (C=O) groups is 1. The second-order valence-corrected chi connectivity index (χ2v) is 6.16. The number of aryl methyl sites for hydroxylation is 3. The first-order chi connectivity index (χ1) is 10.8. The van der Waals surface area contributed by atoms with Crippen molar-refractivity contribution in [3.05, 3.63) is 46.1 Å². The van der Waals surface area contributed by atoms with Gasteiger partial charge >= 0.3 is 5.97 Å². The normalized spacial score (nSPS) is 11.3. The Morgan fingerprint density at radius 2 is 1.65 bits per heavy atom. The lowest BCUT2D eigenvalue weighted by atomic mass is 10.1. The van der Waals surface area contributed by atoms with E-state index in [4.69, 9.17) is 4.74 Å². The molecule has 0 unspecified atom stereocenters. The van der Waals surface area contributed by atoms with Crippen molar-refractivity contribution in [3.63, 3.8) is 0 Å². The van der Waals surface area contributed by atoms with Gasteiger partial charge in [0, 0.05) is 0 Å². The molecular weight excluding hydrogens is 288 g/mol. The molecule has 4 nitrogen and oxygen atoms in total. The molecule has 1 aromatic heterocycles. The molecule has 4 heteroatoms. The molecule has 0 saturated carbocycles. The van der Waals surface area contributed by atoms with Crippen molar-refractivity contribution in [3.8, 4) is 0 Å². The van der Waals surface area contributed by atoms with Crippen molar-refractivity contribution in [2.75, 3.05) is 6.61 Å². The second kappa shape index (κ2) is 9.23. The summed E-state index contributed by atoms with van der Waals surface area (Å²) in [4.78, 5) is 20.7. The fourth-order valence-electron chi connectivity index (χ4n) is 2.08. The molecule has 1 aromatic rings. The molecule has 0 spiro atoms. The monoisotopic (exact) mass is 316 g/mol. The van der Waals surface area contributed by atoms with Crippen molar-refractivity contribution in [2.45, 2.75) is 60.8 Å². The van der Waals surface area contributed by atoms with Crippen LogP contribution in [0.1, 0.15) is 56.4 Å². The van der Waals surface area contributed by atoms with Crippen LogP contribution in [0.15, 0.2) is 23.3 Å². The third kappa shape index (κ3) is 7.22. The smallest absolute Gasteiger partial charge is 0.312 e. The van der Waals surface area contributed by atoms with E-state index in [1.165, 1.54) is 11.1 Å². The molecule has 0 amide bonds. The van der Waals surface area contributed by atoms with Gasteiger partial charge in [0.25, 0.3) is 0 Å². The standard InChI is InChI=1S/C19H28N2O2/c1-13(2)8-7-9-14(3)10-11-23-19(22)12-18-17(6)20-15(4)16(5)21-18/h8,10H,7,9,11-12H2,1-6H3/b14-10+. The minimum absolute atomic E-state index is 0.171. The number of esters is 1. The third-order valence-corrected chi connectivity index (χ3v) is 3.66. The van der Waals surface area contributed by atoms with E-state index in [9.17, 15) is 4.79 Å². The summed E-state index contributed by atoms with van der Waals surface area (Å²) in [5, 5.41) is 0. The number of hydrogen-bond donors (Lipinski definition) is 0. The minimum atomic E-state index is -0.265. The van der Waals surface area contributed by atoms with E-state index >= 15 is 0 Å². The lowest BCUT2D eigenvalue weighted by Crippen LogP contribution is -2.12. The van der Waals surface area contributed by atoms with E-state index in [1.54, 1.807) is 0 Å². The fraction of sp³-hybridized carbons (Fsp3) is 0.526. The second-order valence-electron chi connectivity index (χ2n) is 6.16. The Hall–Kier alpha value is -1.97. The number of aromatic nitrogens is 2. The van der Waals surface area contributed by atoms with E-state index in [-0.39, 0.29) is 12.4 Å². The summed E-state index contributed by atoms with van der Waals surface area (Å²) in [7, 11) is 0. The zero-order valence-electron chi connectivity index (χ0n) is 15.2. The fourth-order valence-corrected chi connectivity index (χ4v) is 2.08. The average Bonchev–Trinajstić information content (AvgIpc) is 2.44. The predicted molar refractivity (Wildman–Crippen MR) is 93.3 cm³/mol. The predicted octanol–water partition coefficient (Wildman–Crippen LogP) is 4.18. The van der Waals surface area contributed by atoms with Gasteiger partial charge < -0.3 is 4.74 Å². The molecule has 0 radical (unpaired) electrons. The van der Waals surface area contributed by atoms with Crippen molar-refractivity contribution in [2.24, 2.45) is 0 Å². The van der Waals surface area contributed by atoms with E-state index in [0.717, 1.165) is 29.9 Å². The Balaban J connectivity index is 2.46. The molecule has 0 fully saturated rings. The molecule has 126 valence electrons. The summed E-state index contributed by atoms with van der Waals surface area (Å²) in [6.07, 6.45) is 6.37. The van der Waals surface area contributed by atoms with Crippen LogP contribution >= 0.6 is 0 Å². The molecule has 0 saturated heterocycles. The molecule has 0 atom stereocenters. The summed E-state index contributed by atoms with van der Waals surface area (Å²) in [6, 6.07) is 0. The van der Waals surface area contributed by atoms with Gasteiger partial charge in [0.1, 0.15) is 6.61 Å². The maximum Gasteiger partial charge on any atom is 0.312 e. The van der Waals surface area contributed by atoms with Gasteiger partial charge in [-0.1, -0.05) is 17.2 Å². The zero-order valence-corrected chi connectivity index (χ0v) is 15.2. The van der Waals surface area contributed by atoms with E-state index in [0.29, 0.717) is 12.3 Å². The minimum Gasteiger partial charge on any atom is -0.461 e. The maximum absolute atomic E-state index is 11.9. The highest BCUT2D eigenvalue weighted by Gasteiger charge is 2.11. The zero-order chi connectivity index (χ0) is 17.4. The molecule has 0 aromatic carbocycles. The summed E-state index contributed by atoms with van der Waals surface area (Å²) in [6.45, 7) is 12.3. The Kier molecular flexibility index (Phi) is 7.66. The van der Waals surface area contributed by atoms with Gasteiger partial charge in [-0.15, -0.1) is 0 Å². The van der Waals surface area contributed by atoms with Crippen LogP contribution in [0.4, 0.5) is 0 Å². The van der Waals surface area contributed by atoms with Gasteiger partial charge in [-0.3, -0.25) is 14.8 Å². The van der Waals surface area contributed by atoms with Gasteiger partial charge in [-0.25, -0.2) is 0 Å². The first-order valence-corrected chi connectivity index (χ1v) is 8.05. The van der Waals surface area contributed by atoms with E-state index in [2.05, 4.69) is 36.8 Å². The van der Waals surface area contributed by atoms with E-state index in [1.807, 2.05) is 26.8 Å². The van der Waals surface area contributed by atoms with Crippen molar-refractivity contribution in [1.29, 1.82) is 0 Å². The Morgan fingerprint density at radius 3 is 2.30 bits per heavy atom. The van der Waals surface area contributed by atoms with Crippen LogP contribution in [0.3, 0.4) is 0 Å². The number of rotatable bonds is 7. The molecule has 0 aliphatic heterocycles. The van der Waals surface area contributed by atoms with Crippen LogP contribution in [-0.4, -0.2) is 22.5 Å². The van der Waals surface area contributed by atoms with Gasteiger partial charge in [0.2, 0.25) is 0 Å². The number of allylic oxidation sites excluding steroid dienone is 3. The van der Waals surface area contributed by atoms with Crippen LogP contribution in [0, 0.1) is 20.8 Å². The molecule has 1 heterocycles. The molecule has 23 heavy (non-hydrogen) atoms. The molecule has 0 bridgehead atoms. The van der Waals surface area contributed by atoms with Gasteiger partial charge in [0.15, 0.2) is 0 Å². The molecular formula is C19H28N2O2. The van der Waals surface area contributed by atoms with Crippen LogP contribution in [0.2, 0.25) is 0 Å². The van der Waals surface area contributed by atoms with Crippen LogP contribution in [0.25, 0.3) is 0 Å². The van der Waals surface area contributed by atoms with Gasteiger partial charge in [0.05, 0.1) is 29.2 Å². The third-order valence-electron chi connectivity index (χ3n) is 3.66. The highest BCUT2D eigenvalue weighted by atomic mass is 16.5. The number of hydrogen-bond acceptors (Lipinski definition) is 4. The Morgan fingerprint density at radius 1 is 1.00 bits per heavy atom. The highest BCUT2D eigenvalue weighted by molar-refractivity contribution is 5.72. The molecule has 0 aliphatic rings. The SMILES string of the molecule is CC(C)=CCC/C(C)=C/COC(=O)Cc1nc(C)c(C)nc1C. The van der Waals surface area contributed by atoms with Crippen LogP contribution in [0.5, 0.6) is 0 Å². The average molecular weight is 316 g/mol. The van der Waals surface area contributed by atoms with Gasteiger partial charge in [-0.05, 0) is 60.5 Å². The lowest BCUT2D eigenvalue weighted by Gasteiger charge is -2.08. The maximum atomic E-state index is 11.9. The van der Waals surface area contributed by atoms with Crippen molar-refractivity contribution < 1.29 is 9.53 Å². The molecule has 1 rings (SSSR count). The first-order valence-electron chi connectivity index (χ1n) is 8.05. The Bertz CT molecular complexity index is 612. The highest BCUT2D eigenvalue weighted by Crippen LogP contribution is 2.09. The van der Waals surface area contributed by atoms with Crippen molar-refractivity contribution in [1.82, 2.24) is 9.97 Å². The van der Waals surface area contributed by atoms with Crippen LogP contribution in [-0.2, 0) is 16.0 Å². The first kappa shape index (κ1) is 19.1. The summed E-state index contributed by atoms with van der Waals surface area (Å²) >= 11 is 0. The van der Waals surface area contributed by atoms with Gasteiger partial charge in [-0.2, -0.15) is 0 Å². The lowest BCUT2D eigenvalue weighted by molar-refractivity contribution is -0.141. The summed E-state index contributed by atoms with van der Waals surface area (Å²) < 4.78 is 5.27. The number of ether oxygens (including phenoxy) is 1. The molecule has 0 aliphatic carbocycles. The van der Waals surface area contributed by atoms with E-state index < -0.39 is 0 Å². The largest absolute Gasteiger partial charge is 0.461 e. The number of nitrogens with zero attached hydrogens (tertiary/aromatic N) is 2. The Labute approximate surface area is 139 Å². The summed E-state index contributed by atoms with van der Waals surface area (Å²) in [5.41, 5.74) is 5.80. The summed E-state index contributed by atoms with van der Waals surface area (Å²) in [5.74, 6) is -0.265. The quantitative estimate of drug-likeness (QED) is 0.559. The van der Waals surface area contributed by atoms with Crippen LogP contribution < -0.4 is 0 Å².